The molecule has 4 aromatic carbocycles. The number of fused-ring (bicyclic) bond motifs is 2. The average molecular weight is 724 g/mol. The van der Waals surface area contributed by atoms with Gasteiger partial charge < -0.3 is 26.0 Å². The molecule has 0 atom stereocenters. The molecule has 0 spiro atoms. The monoisotopic (exact) mass is 723 g/mol. The van der Waals surface area contributed by atoms with Crippen LogP contribution in [0, 0.1) is 0 Å². The van der Waals surface area contributed by atoms with Crippen LogP contribution in [-0.2, 0) is 29.6 Å². The molecule has 1 heterocycles. The number of rotatable bonds is 12. The molecule has 0 saturated carbocycles. The van der Waals surface area contributed by atoms with Crippen molar-refractivity contribution in [2.24, 2.45) is 10.2 Å². The number of nitrogens with one attached hydrogen (secondary N) is 3. The first-order valence-electron chi connectivity index (χ1n) is 12.9. The SMILES string of the molecule is O=c1nc(NCC(O)O)nc(Nc2cc(S(=O)(=O)O)cc3cc(SOOO)c(N=Nc4ccc5ccccc5c4S(=O)(=O)O)c(O)c23)[nH]1. The lowest BCUT2D eigenvalue weighted by Crippen LogP contribution is -2.23. The van der Waals surface area contributed by atoms with Crippen LogP contribution in [-0.4, -0.2) is 74.3 Å². The van der Waals surface area contributed by atoms with E-state index in [0.717, 1.165) is 18.2 Å². The highest BCUT2D eigenvalue weighted by Crippen LogP contribution is 2.48. The number of benzene rings is 4. The van der Waals surface area contributed by atoms with Crippen LogP contribution in [0.3, 0.4) is 0 Å². The second kappa shape index (κ2) is 13.7. The summed E-state index contributed by atoms with van der Waals surface area (Å²) in [7, 11) is -9.77. The van der Waals surface area contributed by atoms with Gasteiger partial charge in [0.2, 0.25) is 11.9 Å². The van der Waals surface area contributed by atoms with E-state index in [1.807, 2.05) is 0 Å². The van der Waals surface area contributed by atoms with Crippen LogP contribution >= 0.6 is 12.0 Å². The molecule has 0 unspecified atom stereocenters. The number of azo groups is 1. The van der Waals surface area contributed by atoms with Gasteiger partial charge in [0.15, 0.2) is 12.0 Å². The van der Waals surface area contributed by atoms with E-state index in [4.69, 9.17) is 15.5 Å². The van der Waals surface area contributed by atoms with Crippen LogP contribution in [0.1, 0.15) is 0 Å². The number of aromatic nitrogens is 3. The molecular weight excluding hydrogens is 703 g/mol. The lowest BCUT2D eigenvalue weighted by atomic mass is 10.1. The minimum absolute atomic E-state index is 0.108. The summed E-state index contributed by atoms with van der Waals surface area (Å²) in [6.07, 6.45) is -1.83. The highest BCUT2D eigenvalue weighted by atomic mass is 32.2. The Labute approximate surface area is 272 Å². The van der Waals surface area contributed by atoms with Gasteiger partial charge in [0.05, 0.1) is 34.1 Å². The Morgan fingerprint density at radius 1 is 0.958 bits per heavy atom. The third-order valence-electron chi connectivity index (χ3n) is 6.30. The van der Waals surface area contributed by atoms with Gasteiger partial charge in [-0.2, -0.15) is 26.8 Å². The summed E-state index contributed by atoms with van der Waals surface area (Å²) < 4.78 is 73.4. The number of aliphatic hydroxyl groups excluding tert-OH is 1. The summed E-state index contributed by atoms with van der Waals surface area (Å²) in [4.78, 5) is 20.4. The summed E-state index contributed by atoms with van der Waals surface area (Å²) in [5.74, 6) is -1.55. The van der Waals surface area contributed by atoms with Crippen molar-refractivity contribution < 1.29 is 55.9 Å². The zero-order valence-electron chi connectivity index (χ0n) is 23.5. The number of hydrogen-bond donors (Lipinski definition) is 9. The maximum atomic E-state index is 12.4. The normalized spacial score (nSPS) is 12.4. The zero-order valence-corrected chi connectivity index (χ0v) is 26.0. The number of nitrogens with zero attached hydrogens (tertiary/aromatic N) is 4. The third kappa shape index (κ3) is 7.66. The Kier molecular flexibility index (Phi) is 9.87. The number of H-pyrrole nitrogens is 1. The van der Waals surface area contributed by atoms with Gasteiger partial charge >= 0.3 is 5.69 Å². The van der Waals surface area contributed by atoms with Crippen molar-refractivity contribution in [2.75, 3.05) is 17.2 Å². The van der Waals surface area contributed by atoms with Crippen molar-refractivity contribution in [1.29, 1.82) is 0 Å². The molecule has 23 heteroatoms. The number of aromatic hydroxyl groups is 1. The van der Waals surface area contributed by atoms with E-state index in [-0.39, 0.29) is 50.4 Å². The standard InChI is InChI=1S/C25H21N7O13S3/c33-18(34)10-26-23-28-24(30-25(36)29-23)27-16-9-13(47(38,39)40)7-12-8-17(46-45-44-37)20(21(35)19(12)16)32-31-15-6-5-11-3-1-2-4-14(11)22(15)48(41,42)43/h1-9,18,33-35,37H,10H2,(H,38,39,40)(H,41,42,43)(H3,26,27,28,29,30,36). The summed E-state index contributed by atoms with van der Waals surface area (Å²) in [5.41, 5.74) is -2.10. The number of phenolic OH excluding ortho intramolecular Hbond substituents is 1. The first kappa shape index (κ1) is 34.5. The molecule has 0 fully saturated rings. The van der Waals surface area contributed by atoms with Gasteiger partial charge in [0.1, 0.15) is 16.3 Å². The Morgan fingerprint density at radius 2 is 1.71 bits per heavy atom. The van der Waals surface area contributed by atoms with Gasteiger partial charge in [0, 0.05) is 10.8 Å². The Bertz CT molecular complexity index is 2350. The smallest absolute Gasteiger partial charge is 0.351 e. The van der Waals surface area contributed by atoms with Gasteiger partial charge in [-0.3, -0.25) is 14.1 Å². The van der Waals surface area contributed by atoms with Crippen LogP contribution in [0.4, 0.5) is 29.0 Å². The molecule has 0 bridgehead atoms. The third-order valence-corrected chi connectivity index (χ3v) is 8.69. The summed E-state index contributed by atoms with van der Waals surface area (Å²) in [5, 5.41) is 55.2. The fourth-order valence-electron chi connectivity index (χ4n) is 4.44. The lowest BCUT2D eigenvalue weighted by molar-refractivity contribution is -0.432. The molecule has 0 aliphatic rings. The molecule has 0 amide bonds. The van der Waals surface area contributed by atoms with E-state index in [9.17, 15) is 35.8 Å². The summed E-state index contributed by atoms with van der Waals surface area (Å²) >= 11 is 0.255. The van der Waals surface area contributed by atoms with Crippen LogP contribution in [0.2, 0.25) is 0 Å². The zero-order chi connectivity index (χ0) is 34.8. The molecule has 252 valence electrons. The maximum absolute atomic E-state index is 12.4. The van der Waals surface area contributed by atoms with Crippen molar-refractivity contribution in [3.63, 3.8) is 0 Å². The molecular formula is C25H21N7O13S3. The Morgan fingerprint density at radius 3 is 2.40 bits per heavy atom. The molecule has 5 rings (SSSR count). The fourth-order valence-corrected chi connectivity index (χ4v) is 6.31. The summed E-state index contributed by atoms with van der Waals surface area (Å²) in [6.45, 7) is -0.476. The van der Waals surface area contributed by atoms with Crippen LogP contribution in [0.25, 0.3) is 21.5 Å². The number of aromatic amines is 1. The fraction of sp³-hybridized carbons (Fsp3) is 0.0800. The molecule has 9 N–H and O–H groups in total. The van der Waals surface area contributed by atoms with Crippen molar-refractivity contribution in [3.05, 3.63) is 65.1 Å². The maximum Gasteiger partial charge on any atom is 0.351 e. The van der Waals surface area contributed by atoms with Gasteiger partial charge in [0.25, 0.3) is 20.2 Å². The van der Waals surface area contributed by atoms with Crippen molar-refractivity contribution >= 4 is 82.8 Å². The predicted molar refractivity (Wildman–Crippen MR) is 167 cm³/mol. The first-order valence-corrected chi connectivity index (χ1v) is 16.5. The number of hydrogen-bond acceptors (Lipinski definition) is 18. The molecule has 0 saturated heterocycles. The van der Waals surface area contributed by atoms with Gasteiger partial charge in [-0.15, -0.1) is 14.6 Å². The second-order valence-corrected chi connectivity index (χ2v) is 13.0. The van der Waals surface area contributed by atoms with Crippen molar-refractivity contribution in [3.8, 4) is 5.75 Å². The number of aliphatic hydroxyl groups is 2. The molecule has 5 aromatic rings. The predicted octanol–water partition coefficient (Wildman–Crippen LogP) is 2.98. The molecule has 48 heavy (non-hydrogen) atoms. The minimum Gasteiger partial charge on any atom is -0.505 e. The summed E-state index contributed by atoms with van der Waals surface area (Å²) in [6, 6.07) is 11.9. The van der Waals surface area contributed by atoms with Crippen LogP contribution in [0.5, 0.6) is 5.75 Å². The molecule has 20 nitrogen and oxygen atoms in total. The molecule has 1 aromatic heterocycles. The molecule has 0 aliphatic heterocycles. The molecule has 0 aliphatic carbocycles. The van der Waals surface area contributed by atoms with Gasteiger partial charge in [-0.05, 0) is 35.0 Å². The van der Waals surface area contributed by atoms with Crippen molar-refractivity contribution in [1.82, 2.24) is 15.0 Å². The topological polar surface area (TPSA) is 316 Å². The molecule has 0 radical (unpaired) electrons. The lowest BCUT2D eigenvalue weighted by Gasteiger charge is -2.15. The average Bonchev–Trinajstić information content (AvgIpc) is 3.00. The van der Waals surface area contributed by atoms with E-state index in [1.54, 1.807) is 12.1 Å². The first-order chi connectivity index (χ1) is 22.7. The second-order valence-electron chi connectivity index (χ2n) is 9.46. The van der Waals surface area contributed by atoms with E-state index in [1.165, 1.54) is 24.3 Å². The van der Waals surface area contributed by atoms with E-state index >= 15 is 0 Å². The van der Waals surface area contributed by atoms with Gasteiger partial charge in [-0.1, -0.05) is 35.4 Å². The van der Waals surface area contributed by atoms with Crippen LogP contribution < -0.4 is 16.3 Å². The Balaban J connectivity index is 1.73. The largest absolute Gasteiger partial charge is 0.505 e. The van der Waals surface area contributed by atoms with Gasteiger partial charge in [-0.25, -0.2) is 10.1 Å². The van der Waals surface area contributed by atoms with Crippen molar-refractivity contribution in [2.45, 2.75) is 21.0 Å². The number of phenols is 1. The van der Waals surface area contributed by atoms with Crippen LogP contribution in [0.15, 0.2) is 84.3 Å². The highest BCUT2D eigenvalue weighted by Gasteiger charge is 2.24. The Hall–Kier alpha value is -4.82. The minimum atomic E-state index is -4.90. The number of anilines is 3. The van der Waals surface area contributed by atoms with E-state index in [2.05, 4.69) is 45.2 Å². The van der Waals surface area contributed by atoms with E-state index < -0.39 is 65.9 Å². The quantitative estimate of drug-likeness (QED) is 0.0223. The highest BCUT2D eigenvalue weighted by molar-refractivity contribution is 7.94. The van der Waals surface area contributed by atoms with E-state index in [0.29, 0.717) is 5.39 Å².